The fourth-order valence-corrected chi connectivity index (χ4v) is 5.07. The Bertz CT molecular complexity index is 517. The number of amides is 1. The molecule has 2 aliphatic heterocycles. The van der Waals surface area contributed by atoms with Crippen molar-refractivity contribution < 1.29 is 9.53 Å². The summed E-state index contributed by atoms with van der Waals surface area (Å²) in [6.07, 6.45) is 9.30. The average molecular weight is 395 g/mol. The highest BCUT2D eigenvalue weighted by atomic mass is 16.6. The van der Waals surface area contributed by atoms with E-state index in [1.54, 1.807) is 0 Å². The number of likely N-dealkylation sites (tertiary alicyclic amines) is 2. The molecule has 1 amide bonds. The zero-order chi connectivity index (χ0) is 20.4. The number of rotatable bonds is 3. The summed E-state index contributed by atoms with van der Waals surface area (Å²) in [7, 11) is 0. The second kappa shape index (κ2) is 8.88. The van der Waals surface area contributed by atoms with Crippen molar-refractivity contribution in [3.05, 3.63) is 0 Å². The third kappa shape index (κ3) is 5.61. The first kappa shape index (κ1) is 21.8. The van der Waals surface area contributed by atoms with Crippen LogP contribution in [0.1, 0.15) is 79.1 Å². The summed E-state index contributed by atoms with van der Waals surface area (Å²) in [5.74, 6) is 0. The monoisotopic (exact) mass is 394 g/mol. The molecule has 28 heavy (non-hydrogen) atoms. The molecule has 3 N–H and O–H groups in total. The second-order valence-electron chi connectivity index (χ2n) is 10.4. The van der Waals surface area contributed by atoms with Gasteiger partial charge in [0.1, 0.15) is 5.60 Å². The summed E-state index contributed by atoms with van der Waals surface area (Å²) in [6, 6.07) is 1.45. The number of hydrogen-bond acceptors (Lipinski definition) is 5. The highest BCUT2D eigenvalue weighted by molar-refractivity contribution is 5.68. The Morgan fingerprint density at radius 3 is 2.21 bits per heavy atom. The molecule has 0 unspecified atom stereocenters. The van der Waals surface area contributed by atoms with E-state index in [1.165, 1.54) is 38.5 Å². The van der Waals surface area contributed by atoms with E-state index in [2.05, 4.69) is 17.1 Å². The first-order valence-electron chi connectivity index (χ1n) is 11.4. The summed E-state index contributed by atoms with van der Waals surface area (Å²) in [5, 5.41) is 3.87. The van der Waals surface area contributed by atoms with Gasteiger partial charge in [0, 0.05) is 49.8 Å². The van der Waals surface area contributed by atoms with Gasteiger partial charge in [-0.05, 0) is 66.2 Å². The van der Waals surface area contributed by atoms with Gasteiger partial charge in [-0.3, -0.25) is 4.90 Å². The summed E-state index contributed by atoms with van der Waals surface area (Å²) in [6.45, 7) is 12.0. The Balaban J connectivity index is 1.43. The van der Waals surface area contributed by atoms with Crippen LogP contribution < -0.4 is 11.1 Å². The maximum Gasteiger partial charge on any atom is 0.410 e. The Labute approximate surface area is 171 Å². The Kier molecular flexibility index (Phi) is 6.93. The lowest BCUT2D eigenvalue weighted by molar-refractivity contribution is -0.00912. The molecular formula is C22H42N4O2. The van der Waals surface area contributed by atoms with Crippen molar-refractivity contribution in [1.82, 2.24) is 15.1 Å². The van der Waals surface area contributed by atoms with Crippen LogP contribution in [-0.4, -0.2) is 71.3 Å². The predicted octanol–water partition coefficient (Wildman–Crippen LogP) is 3.10. The number of nitrogens with one attached hydrogen (secondary N) is 1. The first-order chi connectivity index (χ1) is 13.2. The SMILES string of the molecule is CC(C)(C)OC(=O)N1CCC(C)(N2CCC(N[C@@H]3CCCC[C@@H]3N)CC2)CC1. The predicted molar refractivity (Wildman–Crippen MR) is 113 cm³/mol. The van der Waals surface area contributed by atoms with Gasteiger partial charge in [-0.25, -0.2) is 4.79 Å². The third-order valence-electron chi connectivity index (χ3n) is 7.02. The molecule has 0 aromatic rings. The van der Waals surface area contributed by atoms with Crippen molar-refractivity contribution in [1.29, 1.82) is 0 Å². The number of ether oxygens (including phenoxy) is 1. The lowest BCUT2D eigenvalue weighted by Crippen LogP contribution is -2.59. The molecular weight excluding hydrogens is 352 g/mol. The minimum atomic E-state index is -0.423. The van der Waals surface area contributed by atoms with Gasteiger partial charge in [0.25, 0.3) is 0 Å². The zero-order valence-corrected chi connectivity index (χ0v) is 18.5. The molecule has 6 heteroatoms. The van der Waals surface area contributed by atoms with E-state index in [-0.39, 0.29) is 11.6 Å². The number of nitrogens with two attached hydrogens (primary N) is 1. The quantitative estimate of drug-likeness (QED) is 0.770. The maximum atomic E-state index is 12.3. The Morgan fingerprint density at radius 2 is 1.64 bits per heavy atom. The largest absolute Gasteiger partial charge is 0.444 e. The van der Waals surface area contributed by atoms with Crippen LogP contribution in [0.25, 0.3) is 0 Å². The highest BCUT2D eigenvalue weighted by Gasteiger charge is 2.39. The molecule has 0 aromatic carbocycles. The van der Waals surface area contributed by atoms with Crippen molar-refractivity contribution in [3.63, 3.8) is 0 Å². The molecule has 2 saturated heterocycles. The Morgan fingerprint density at radius 1 is 1.04 bits per heavy atom. The van der Waals surface area contributed by atoms with E-state index in [0.717, 1.165) is 39.0 Å². The van der Waals surface area contributed by atoms with Gasteiger partial charge in [0.05, 0.1) is 0 Å². The molecule has 3 rings (SSSR count). The third-order valence-corrected chi connectivity index (χ3v) is 7.02. The van der Waals surface area contributed by atoms with E-state index in [1.807, 2.05) is 25.7 Å². The van der Waals surface area contributed by atoms with Crippen LogP contribution in [0.3, 0.4) is 0 Å². The zero-order valence-electron chi connectivity index (χ0n) is 18.5. The molecule has 0 spiro atoms. The smallest absolute Gasteiger partial charge is 0.410 e. The molecule has 6 nitrogen and oxygen atoms in total. The normalized spacial score (nSPS) is 30.2. The van der Waals surface area contributed by atoms with Gasteiger partial charge < -0.3 is 20.7 Å². The maximum absolute atomic E-state index is 12.3. The summed E-state index contributed by atoms with van der Waals surface area (Å²) < 4.78 is 5.54. The topological polar surface area (TPSA) is 70.8 Å². The summed E-state index contributed by atoms with van der Waals surface area (Å²) >= 11 is 0. The number of carbonyl (C=O) groups excluding carboxylic acids is 1. The number of carbonyl (C=O) groups is 1. The van der Waals surface area contributed by atoms with Crippen LogP contribution in [0.15, 0.2) is 0 Å². The standard InChI is InChI=1S/C22H42N4O2/c1-21(2,3)28-20(27)25-15-11-22(4,12-16-25)26-13-9-17(10-14-26)24-19-8-6-5-7-18(19)23/h17-19,24H,5-16,23H2,1-4H3/t18-,19+/m0/s1. The number of piperidine rings is 2. The summed E-state index contributed by atoms with van der Waals surface area (Å²) in [5.41, 5.74) is 6.10. The van der Waals surface area contributed by atoms with Gasteiger partial charge in [-0.2, -0.15) is 0 Å². The first-order valence-corrected chi connectivity index (χ1v) is 11.4. The lowest BCUT2D eigenvalue weighted by atomic mass is 9.85. The molecule has 0 radical (unpaired) electrons. The van der Waals surface area contributed by atoms with Crippen molar-refractivity contribution in [2.24, 2.45) is 5.73 Å². The minimum Gasteiger partial charge on any atom is -0.444 e. The van der Waals surface area contributed by atoms with Gasteiger partial charge in [0.2, 0.25) is 0 Å². The van der Waals surface area contributed by atoms with Crippen LogP contribution in [0.2, 0.25) is 0 Å². The van der Waals surface area contributed by atoms with Crippen molar-refractivity contribution in [2.75, 3.05) is 26.2 Å². The number of nitrogens with zero attached hydrogens (tertiary/aromatic N) is 2. The fourth-order valence-electron chi connectivity index (χ4n) is 5.07. The molecule has 1 saturated carbocycles. The molecule has 0 aromatic heterocycles. The molecule has 2 heterocycles. The second-order valence-corrected chi connectivity index (χ2v) is 10.4. The van der Waals surface area contributed by atoms with Crippen LogP contribution in [0, 0.1) is 0 Å². The summed E-state index contributed by atoms with van der Waals surface area (Å²) in [4.78, 5) is 16.9. The van der Waals surface area contributed by atoms with Gasteiger partial charge in [0.15, 0.2) is 0 Å². The fraction of sp³-hybridized carbons (Fsp3) is 0.955. The van der Waals surface area contributed by atoms with Crippen LogP contribution in [-0.2, 0) is 4.74 Å². The van der Waals surface area contributed by atoms with Crippen molar-refractivity contribution in [2.45, 2.75) is 108 Å². The molecule has 2 atom stereocenters. The van der Waals surface area contributed by atoms with E-state index < -0.39 is 5.60 Å². The molecule has 3 fully saturated rings. The van der Waals surface area contributed by atoms with E-state index in [9.17, 15) is 4.79 Å². The van der Waals surface area contributed by atoms with Crippen LogP contribution in [0.4, 0.5) is 4.79 Å². The lowest BCUT2D eigenvalue weighted by Gasteiger charge is -2.49. The molecule has 162 valence electrons. The molecule has 1 aliphatic carbocycles. The van der Waals surface area contributed by atoms with Crippen molar-refractivity contribution >= 4 is 6.09 Å². The van der Waals surface area contributed by atoms with Crippen LogP contribution in [0.5, 0.6) is 0 Å². The Hall–Kier alpha value is -0.850. The molecule has 0 bridgehead atoms. The number of hydrogen-bond donors (Lipinski definition) is 2. The van der Waals surface area contributed by atoms with Gasteiger partial charge >= 0.3 is 6.09 Å². The highest BCUT2D eigenvalue weighted by Crippen LogP contribution is 2.32. The van der Waals surface area contributed by atoms with E-state index >= 15 is 0 Å². The van der Waals surface area contributed by atoms with Crippen molar-refractivity contribution in [3.8, 4) is 0 Å². The van der Waals surface area contributed by atoms with Crippen LogP contribution >= 0.6 is 0 Å². The van der Waals surface area contributed by atoms with Gasteiger partial charge in [-0.1, -0.05) is 12.8 Å². The van der Waals surface area contributed by atoms with E-state index in [4.69, 9.17) is 10.5 Å². The molecule has 3 aliphatic rings. The minimum absolute atomic E-state index is 0.165. The average Bonchev–Trinajstić information content (AvgIpc) is 2.63. The van der Waals surface area contributed by atoms with E-state index in [0.29, 0.717) is 18.1 Å². The van der Waals surface area contributed by atoms with Gasteiger partial charge in [-0.15, -0.1) is 0 Å².